The predicted molar refractivity (Wildman–Crippen MR) is 92.7 cm³/mol. The van der Waals surface area contributed by atoms with Crippen LogP contribution in [0.15, 0.2) is 18.2 Å². The molecular weight excluding hydrogens is 326 g/mol. The maximum Gasteiger partial charge on any atom is 0.358 e. The molecule has 0 N–H and O–H groups in total. The lowest BCUT2D eigenvalue weighted by atomic mass is 9.90. The molecule has 0 atom stereocenters. The SMILES string of the molecule is Cc1cc(C)n(-c2ccc(Cl)c(C(=O)OCC3CCCCC3)n2)n1. The fourth-order valence-corrected chi connectivity index (χ4v) is 3.35. The Bertz CT molecular complexity index is 736. The summed E-state index contributed by atoms with van der Waals surface area (Å²) in [6.45, 7) is 4.30. The molecular formula is C18H22ClN3O2. The molecule has 128 valence electrons. The summed E-state index contributed by atoms with van der Waals surface area (Å²) in [5, 5.41) is 4.69. The van der Waals surface area contributed by atoms with Crippen LogP contribution in [-0.2, 0) is 4.74 Å². The molecule has 2 aromatic rings. The molecule has 0 bridgehead atoms. The molecule has 1 aliphatic carbocycles. The fraction of sp³-hybridized carbons (Fsp3) is 0.500. The van der Waals surface area contributed by atoms with E-state index in [4.69, 9.17) is 16.3 Å². The molecule has 0 aromatic carbocycles. The number of halogens is 1. The van der Waals surface area contributed by atoms with Crippen molar-refractivity contribution in [2.45, 2.75) is 46.0 Å². The van der Waals surface area contributed by atoms with Crippen molar-refractivity contribution in [2.24, 2.45) is 5.92 Å². The number of hydrogen-bond donors (Lipinski definition) is 0. The molecule has 1 aliphatic rings. The van der Waals surface area contributed by atoms with Crippen molar-refractivity contribution in [3.63, 3.8) is 0 Å². The van der Waals surface area contributed by atoms with Crippen LogP contribution in [0.4, 0.5) is 0 Å². The Morgan fingerprint density at radius 2 is 2.04 bits per heavy atom. The van der Waals surface area contributed by atoms with Crippen LogP contribution < -0.4 is 0 Å². The number of carbonyl (C=O) groups is 1. The minimum Gasteiger partial charge on any atom is -0.461 e. The predicted octanol–water partition coefficient (Wildman–Crippen LogP) is 4.27. The van der Waals surface area contributed by atoms with Gasteiger partial charge in [0.2, 0.25) is 0 Å². The summed E-state index contributed by atoms with van der Waals surface area (Å²) in [6, 6.07) is 5.37. The van der Waals surface area contributed by atoms with E-state index in [1.54, 1.807) is 16.8 Å². The second-order valence-electron chi connectivity index (χ2n) is 6.44. The lowest BCUT2D eigenvalue weighted by molar-refractivity contribution is 0.0403. The topological polar surface area (TPSA) is 57.0 Å². The van der Waals surface area contributed by atoms with Crippen molar-refractivity contribution in [3.8, 4) is 5.82 Å². The van der Waals surface area contributed by atoms with Gasteiger partial charge in [-0.1, -0.05) is 30.9 Å². The zero-order valence-electron chi connectivity index (χ0n) is 14.1. The van der Waals surface area contributed by atoms with Crippen LogP contribution in [0.2, 0.25) is 5.02 Å². The first kappa shape index (κ1) is 17.0. The van der Waals surface area contributed by atoms with Gasteiger partial charge < -0.3 is 4.74 Å². The monoisotopic (exact) mass is 347 g/mol. The van der Waals surface area contributed by atoms with E-state index in [1.165, 1.54) is 19.3 Å². The van der Waals surface area contributed by atoms with E-state index in [1.807, 2.05) is 19.9 Å². The largest absolute Gasteiger partial charge is 0.461 e. The molecule has 0 amide bonds. The molecule has 3 rings (SSSR count). The van der Waals surface area contributed by atoms with Crippen LogP contribution in [0.5, 0.6) is 0 Å². The quantitative estimate of drug-likeness (QED) is 0.775. The summed E-state index contributed by atoms with van der Waals surface area (Å²) in [5.74, 6) is 0.559. The van der Waals surface area contributed by atoms with Gasteiger partial charge in [0.25, 0.3) is 0 Å². The molecule has 2 aromatic heterocycles. The highest BCUT2D eigenvalue weighted by Crippen LogP contribution is 2.24. The highest BCUT2D eigenvalue weighted by molar-refractivity contribution is 6.33. The summed E-state index contributed by atoms with van der Waals surface area (Å²) in [7, 11) is 0. The molecule has 2 heterocycles. The van der Waals surface area contributed by atoms with E-state index in [9.17, 15) is 4.79 Å². The second kappa shape index (κ2) is 7.34. The van der Waals surface area contributed by atoms with Gasteiger partial charge in [0, 0.05) is 5.69 Å². The number of nitrogens with zero attached hydrogens (tertiary/aromatic N) is 3. The van der Waals surface area contributed by atoms with Gasteiger partial charge in [-0.05, 0) is 50.8 Å². The zero-order valence-corrected chi connectivity index (χ0v) is 14.8. The summed E-state index contributed by atoms with van der Waals surface area (Å²) in [4.78, 5) is 16.8. The molecule has 6 heteroatoms. The van der Waals surface area contributed by atoms with E-state index < -0.39 is 5.97 Å². The number of aromatic nitrogens is 3. The number of esters is 1. The maximum absolute atomic E-state index is 12.4. The summed E-state index contributed by atoms with van der Waals surface area (Å²) in [5.41, 5.74) is 1.99. The van der Waals surface area contributed by atoms with Crippen LogP contribution >= 0.6 is 11.6 Å². The van der Waals surface area contributed by atoms with Gasteiger partial charge in [-0.3, -0.25) is 0 Å². The Morgan fingerprint density at radius 3 is 2.71 bits per heavy atom. The minimum absolute atomic E-state index is 0.150. The Kier molecular flexibility index (Phi) is 5.19. The third kappa shape index (κ3) is 3.78. The average molecular weight is 348 g/mol. The lowest BCUT2D eigenvalue weighted by Gasteiger charge is -2.21. The van der Waals surface area contributed by atoms with Crippen LogP contribution in [0.1, 0.15) is 54.0 Å². The van der Waals surface area contributed by atoms with E-state index in [0.717, 1.165) is 24.2 Å². The van der Waals surface area contributed by atoms with Gasteiger partial charge in [-0.15, -0.1) is 0 Å². The van der Waals surface area contributed by atoms with Gasteiger partial charge in [0.05, 0.1) is 17.3 Å². The summed E-state index contributed by atoms with van der Waals surface area (Å²) in [6.07, 6.45) is 5.96. The maximum atomic E-state index is 12.4. The first-order valence-corrected chi connectivity index (χ1v) is 8.79. The van der Waals surface area contributed by atoms with Crippen molar-refractivity contribution in [3.05, 3.63) is 40.3 Å². The number of ether oxygens (including phenoxy) is 1. The average Bonchev–Trinajstić information content (AvgIpc) is 2.92. The molecule has 24 heavy (non-hydrogen) atoms. The molecule has 5 nitrogen and oxygen atoms in total. The van der Waals surface area contributed by atoms with Crippen LogP contribution in [0, 0.1) is 19.8 Å². The van der Waals surface area contributed by atoms with Gasteiger partial charge in [0.1, 0.15) is 0 Å². The molecule has 0 unspecified atom stereocenters. The smallest absolute Gasteiger partial charge is 0.358 e. The highest BCUT2D eigenvalue weighted by Gasteiger charge is 2.20. The number of aryl methyl sites for hydroxylation is 2. The van der Waals surface area contributed by atoms with E-state index in [0.29, 0.717) is 23.4 Å². The van der Waals surface area contributed by atoms with Crippen molar-refractivity contribution in [1.29, 1.82) is 0 Å². The number of hydrogen-bond acceptors (Lipinski definition) is 4. The van der Waals surface area contributed by atoms with E-state index in [2.05, 4.69) is 10.1 Å². The Balaban J connectivity index is 1.75. The second-order valence-corrected chi connectivity index (χ2v) is 6.85. The molecule has 0 radical (unpaired) electrons. The number of pyridine rings is 1. The molecule has 1 fully saturated rings. The number of rotatable bonds is 4. The number of carbonyl (C=O) groups excluding carboxylic acids is 1. The van der Waals surface area contributed by atoms with Crippen LogP contribution in [-0.4, -0.2) is 27.3 Å². The molecule has 0 spiro atoms. The molecule has 0 saturated heterocycles. The van der Waals surface area contributed by atoms with Gasteiger partial charge in [-0.25, -0.2) is 14.5 Å². The van der Waals surface area contributed by atoms with Gasteiger partial charge in [-0.2, -0.15) is 5.10 Å². The van der Waals surface area contributed by atoms with Crippen LogP contribution in [0.3, 0.4) is 0 Å². The van der Waals surface area contributed by atoms with Crippen molar-refractivity contribution < 1.29 is 9.53 Å². The summed E-state index contributed by atoms with van der Waals surface area (Å²) >= 11 is 6.15. The Hall–Kier alpha value is -1.88. The Morgan fingerprint density at radius 1 is 1.29 bits per heavy atom. The summed E-state index contributed by atoms with van der Waals surface area (Å²) < 4.78 is 7.16. The fourth-order valence-electron chi connectivity index (χ4n) is 3.17. The standard InChI is InChI=1S/C18H22ClN3O2/c1-12-10-13(2)22(21-12)16-9-8-15(19)17(20-16)18(23)24-11-14-6-4-3-5-7-14/h8-10,14H,3-7,11H2,1-2H3. The van der Waals surface area contributed by atoms with Crippen molar-refractivity contribution in [1.82, 2.24) is 14.8 Å². The van der Waals surface area contributed by atoms with Gasteiger partial charge in [0.15, 0.2) is 11.5 Å². The molecule has 0 aliphatic heterocycles. The Labute approximate surface area is 147 Å². The first-order valence-electron chi connectivity index (χ1n) is 8.42. The van der Waals surface area contributed by atoms with Crippen LogP contribution in [0.25, 0.3) is 5.82 Å². The van der Waals surface area contributed by atoms with Crippen molar-refractivity contribution in [2.75, 3.05) is 6.61 Å². The minimum atomic E-state index is -0.464. The van der Waals surface area contributed by atoms with E-state index >= 15 is 0 Å². The highest BCUT2D eigenvalue weighted by atomic mass is 35.5. The van der Waals surface area contributed by atoms with E-state index in [-0.39, 0.29) is 5.69 Å². The van der Waals surface area contributed by atoms with Crippen molar-refractivity contribution >= 4 is 17.6 Å². The lowest BCUT2D eigenvalue weighted by Crippen LogP contribution is -2.18. The first-order chi connectivity index (χ1) is 11.5. The third-order valence-electron chi connectivity index (χ3n) is 4.43. The third-order valence-corrected chi connectivity index (χ3v) is 4.73. The molecule has 1 saturated carbocycles. The zero-order chi connectivity index (χ0) is 17.1. The normalized spacial score (nSPS) is 15.5. The van der Waals surface area contributed by atoms with Gasteiger partial charge >= 0.3 is 5.97 Å².